The minimum Gasteiger partial charge on any atom is -0.339 e. The molecule has 28 heavy (non-hydrogen) atoms. The number of hydrogen-bond donors (Lipinski definition) is 1. The molecule has 7 nitrogen and oxygen atoms in total. The zero-order valence-corrected chi connectivity index (χ0v) is 16.3. The Morgan fingerprint density at radius 3 is 2.46 bits per heavy atom. The molecular weight excluding hydrogens is 354 g/mol. The van der Waals surface area contributed by atoms with Crippen molar-refractivity contribution in [3.63, 3.8) is 0 Å². The Morgan fingerprint density at radius 2 is 1.86 bits per heavy atom. The SMILES string of the molecule is Cn1cc(CN(C(=O)NCc2ccc(C(=O)N3CCCC3)cc2)C2CC2)cn1. The maximum atomic E-state index is 12.7. The van der Waals surface area contributed by atoms with Crippen LogP contribution in [-0.2, 0) is 20.1 Å². The normalized spacial score (nSPS) is 16.2. The molecule has 4 rings (SSSR count). The summed E-state index contributed by atoms with van der Waals surface area (Å²) < 4.78 is 1.75. The molecule has 0 unspecified atom stereocenters. The zero-order valence-electron chi connectivity index (χ0n) is 16.3. The number of carbonyl (C=O) groups is 2. The number of likely N-dealkylation sites (tertiary alicyclic amines) is 1. The van der Waals surface area contributed by atoms with Gasteiger partial charge in [-0.05, 0) is 43.4 Å². The molecule has 2 aromatic rings. The topological polar surface area (TPSA) is 70.5 Å². The third-order valence-electron chi connectivity index (χ3n) is 5.40. The van der Waals surface area contributed by atoms with Crippen LogP contribution in [0.25, 0.3) is 0 Å². The molecule has 148 valence electrons. The van der Waals surface area contributed by atoms with Gasteiger partial charge in [0.2, 0.25) is 0 Å². The van der Waals surface area contributed by atoms with E-state index in [2.05, 4.69) is 10.4 Å². The third kappa shape index (κ3) is 4.35. The highest BCUT2D eigenvalue weighted by Crippen LogP contribution is 2.28. The first kappa shape index (κ1) is 18.5. The zero-order chi connectivity index (χ0) is 19.5. The summed E-state index contributed by atoms with van der Waals surface area (Å²) in [6, 6.07) is 7.83. The Hall–Kier alpha value is -2.83. The monoisotopic (exact) mass is 381 g/mol. The lowest BCUT2D eigenvalue weighted by molar-refractivity contribution is 0.0792. The van der Waals surface area contributed by atoms with Crippen molar-refractivity contribution >= 4 is 11.9 Å². The van der Waals surface area contributed by atoms with E-state index in [9.17, 15) is 9.59 Å². The quantitative estimate of drug-likeness (QED) is 0.836. The first-order valence-electron chi connectivity index (χ1n) is 10.0. The largest absolute Gasteiger partial charge is 0.339 e. The number of hydrogen-bond acceptors (Lipinski definition) is 3. The molecule has 2 heterocycles. The summed E-state index contributed by atoms with van der Waals surface area (Å²) in [4.78, 5) is 28.9. The maximum Gasteiger partial charge on any atom is 0.318 e. The molecule has 0 bridgehead atoms. The van der Waals surface area contributed by atoms with E-state index >= 15 is 0 Å². The number of aromatic nitrogens is 2. The van der Waals surface area contributed by atoms with Gasteiger partial charge in [0.25, 0.3) is 5.91 Å². The van der Waals surface area contributed by atoms with Crippen molar-refractivity contribution < 1.29 is 9.59 Å². The van der Waals surface area contributed by atoms with Gasteiger partial charge >= 0.3 is 6.03 Å². The van der Waals surface area contributed by atoms with Gasteiger partial charge < -0.3 is 15.1 Å². The molecule has 2 fully saturated rings. The summed E-state index contributed by atoms with van der Waals surface area (Å²) >= 11 is 0. The highest BCUT2D eigenvalue weighted by atomic mass is 16.2. The van der Waals surface area contributed by atoms with Crippen LogP contribution in [0, 0.1) is 0 Å². The average molecular weight is 381 g/mol. The Kier molecular flexibility index (Phi) is 5.32. The molecule has 1 aromatic carbocycles. The van der Waals surface area contributed by atoms with E-state index in [-0.39, 0.29) is 11.9 Å². The third-order valence-corrected chi connectivity index (χ3v) is 5.40. The second kappa shape index (κ2) is 8.04. The summed E-state index contributed by atoms with van der Waals surface area (Å²) in [7, 11) is 1.88. The van der Waals surface area contributed by atoms with E-state index in [0.717, 1.165) is 49.9 Å². The van der Waals surface area contributed by atoms with E-state index in [0.29, 0.717) is 24.7 Å². The number of benzene rings is 1. The fourth-order valence-corrected chi connectivity index (χ4v) is 3.65. The first-order chi connectivity index (χ1) is 13.6. The van der Waals surface area contributed by atoms with Gasteiger partial charge in [-0.3, -0.25) is 9.48 Å². The Bertz CT molecular complexity index is 835. The fraction of sp³-hybridized carbons (Fsp3) is 0.476. The van der Waals surface area contributed by atoms with E-state index in [1.807, 2.05) is 47.3 Å². The average Bonchev–Trinajstić information content (AvgIpc) is 3.22. The predicted molar refractivity (Wildman–Crippen MR) is 106 cm³/mol. The molecule has 1 saturated carbocycles. The summed E-state index contributed by atoms with van der Waals surface area (Å²) in [6.07, 6.45) is 8.04. The van der Waals surface area contributed by atoms with Crippen LogP contribution in [0.3, 0.4) is 0 Å². The van der Waals surface area contributed by atoms with Gasteiger partial charge in [0, 0.05) is 50.0 Å². The van der Waals surface area contributed by atoms with Gasteiger partial charge in [0.05, 0.1) is 12.7 Å². The number of carbonyl (C=O) groups excluding carboxylic acids is 2. The Labute approximate surface area is 165 Å². The summed E-state index contributed by atoms with van der Waals surface area (Å²) in [5.41, 5.74) is 2.74. The van der Waals surface area contributed by atoms with Gasteiger partial charge in [-0.25, -0.2) is 4.79 Å². The highest BCUT2D eigenvalue weighted by Gasteiger charge is 2.32. The van der Waals surface area contributed by atoms with E-state index in [4.69, 9.17) is 0 Å². The van der Waals surface area contributed by atoms with Crippen molar-refractivity contribution in [2.45, 2.75) is 44.8 Å². The van der Waals surface area contributed by atoms with Crippen LogP contribution in [0.2, 0.25) is 0 Å². The molecule has 1 aliphatic heterocycles. The number of rotatable bonds is 6. The van der Waals surface area contributed by atoms with Crippen molar-refractivity contribution in [3.8, 4) is 0 Å². The first-order valence-corrected chi connectivity index (χ1v) is 10.0. The van der Waals surface area contributed by atoms with Crippen LogP contribution in [0.5, 0.6) is 0 Å². The second-order valence-electron chi connectivity index (χ2n) is 7.74. The lowest BCUT2D eigenvalue weighted by Gasteiger charge is -2.22. The van der Waals surface area contributed by atoms with Crippen LogP contribution < -0.4 is 5.32 Å². The maximum absolute atomic E-state index is 12.7. The predicted octanol–water partition coefficient (Wildman–Crippen LogP) is 2.53. The van der Waals surface area contributed by atoms with E-state index in [1.165, 1.54) is 0 Å². The van der Waals surface area contributed by atoms with Gasteiger partial charge in [-0.1, -0.05) is 12.1 Å². The molecule has 1 saturated heterocycles. The molecule has 0 spiro atoms. The van der Waals surface area contributed by atoms with Gasteiger partial charge in [-0.15, -0.1) is 0 Å². The van der Waals surface area contributed by atoms with Gasteiger partial charge in [0.1, 0.15) is 0 Å². The number of amides is 3. The highest BCUT2D eigenvalue weighted by molar-refractivity contribution is 5.94. The summed E-state index contributed by atoms with van der Waals surface area (Å²) in [6.45, 7) is 2.73. The van der Waals surface area contributed by atoms with Crippen molar-refractivity contribution in [3.05, 3.63) is 53.3 Å². The molecule has 3 amide bonds. The van der Waals surface area contributed by atoms with Crippen molar-refractivity contribution in [2.75, 3.05) is 13.1 Å². The standard InChI is InChI=1S/C21H27N5O2/c1-24-14-17(13-23-24)15-26(19-8-9-19)21(28)22-12-16-4-6-18(7-5-16)20(27)25-10-2-3-11-25/h4-7,13-14,19H,2-3,8-12,15H2,1H3,(H,22,28). The Morgan fingerprint density at radius 1 is 1.14 bits per heavy atom. The van der Waals surface area contributed by atoms with Crippen molar-refractivity contribution in [1.29, 1.82) is 0 Å². The van der Waals surface area contributed by atoms with Gasteiger partial charge in [0.15, 0.2) is 0 Å². The van der Waals surface area contributed by atoms with Crippen LogP contribution >= 0.6 is 0 Å². The van der Waals surface area contributed by atoms with E-state index in [1.54, 1.807) is 10.9 Å². The second-order valence-corrected chi connectivity index (χ2v) is 7.74. The van der Waals surface area contributed by atoms with E-state index < -0.39 is 0 Å². The molecule has 1 N–H and O–H groups in total. The lowest BCUT2D eigenvalue weighted by Crippen LogP contribution is -2.40. The minimum atomic E-state index is -0.0522. The lowest BCUT2D eigenvalue weighted by atomic mass is 10.1. The van der Waals surface area contributed by atoms with Crippen molar-refractivity contribution in [1.82, 2.24) is 24.9 Å². The number of urea groups is 1. The molecule has 1 aliphatic carbocycles. The number of nitrogens with zero attached hydrogens (tertiary/aromatic N) is 4. The smallest absolute Gasteiger partial charge is 0.318 e. The molecule has 0 atom stereocenters. The summed E-state index contributed by atoms with van der Waals surface area (Å²) in [5.74, 6) is 0.101. The minimum absolute atomic E-state index is 0.0522. The van der Waals surface area contributed by atoms with Crippen LogP contribution in [0.15, 0.2) is 36.7 Å². The van der Waals surface area contributed by atoms with Crippen LogP contribution in [0.1, 0.15) is 47.2 Å². The van der Waals surface area contributed by atoms with Crippen LogP contribution in [0.4, 0.5) is 4.79 Å². The summed E-state index contributed by atoms with van der Waals surface area (Å²) in [5, 5.41) is 7.20. The number of aryl methyl sites for hydroxylation is 1. The van der Waals surface area contributed by atoms with Crippen LogP contribution in [-0.4, -0.2) is 50.6 Å². The number of nitrogens with one attached hydrogen (secondary N) is 1. The molecule has 1 aromatic heterocycles. The molecule has 0 radical (unpaired) electrons. The van der Waals surface area contributed by atoms with Crippen molar-refractivity contribution in [2.24, 2.45) is 7.05 Å². The molecule has 7 heteroatoms. The fourth-order valence-electron chi connectivity index (χ4n) is 3.65. The molecular formula is C21H27N5O2. The Balaban J connectivity index is 1.32. The van der Waals surface area contributed by atoms with Gasteiger partial charge in [-0.2, -0.15) is 5.10 Å². The molecule has 2 aliphatic rings.